The lowest BCUT2D eigenvalue weighted by Crippen LogP contribution is -2.65. The third-order valence-electron chi connectivity index (χ3n) is 14.4. The van der Waals surface area contributed by atoms with Gasteiger partial charge in [0, 0.05) is 24.7 Å². The van der Waals surface area contributed by atoms with Crippen molar-refractivity contribution in [1.82, 2.24) is 52.3 Å². The van der Waals surface area contributed by atoms with E-state index >= 15 is 0 Å². The fourth-order valence-electron chi connectivity index (χ4n) is 9.75. The van der Waals surface area contributed by atoms with Gasteiger partial charge >= 0.3 is 0 Å². The molecule has 0 spiro atoms. The summed E-state index contributed by atoms with van der Waals surface area (Å²) in [5.41, 5.74) is -4.23. The highest BCUT2D eigenvalue weighted by atomic mass is 19.1. The van der Waals surface area contributed by atoms with Crippen LogP contribution in [0, 0.1) is 29.5 Å². The van der Waals surface area contributed by atoms with Gasteiger partial charge in [-0.1, -0.05) is 73.6 Å². The summed E-state index contributed by atoms with van der Waals surface area (Å²) in [7, 11) is 3.74. The van der Waals surface area contributed by atoms with E-state index in [1.165, 1.54) is 56.9 Å². The van der Waals surface area contributed by atoms with Crippen molar-refractivity contribution in [2.75, 3.05) is 27.2 Å². The molecule has 6 atom stereocenters. The zero-order valence-corrected chi connectivity index (χ0v) is 48.9. The molecule has 0 bridgehead atoms. The Balaban J connectivity index is 1.79. The van der Waals surface area contributed by atoms with Gasteiger partial charge in [-0.25, -0.2) is 4.39 Å². The minimum atomic E-state index is -1.63. The quantitative estimate of drug-likeness (QED) is 0.0578. The van der Waals surface area contributed by atoms with E-state index in [-0.39, 0.29) is 48.6 Å². The van der Waals surface area contributed by atoms with Crippen molar-refractivity contribution in [2.45, 2.75) is 220 Å². The van der Waals surface area contributed by atoms with Crippen molar-refractivity contribution in [3.63, 3.8) is 0 Å². The molecule has 0 aromatic heterocycles. The van der Waals surface area contributed by atoms with Crippen molar-refractivity contribution in [3.8, 4) is 0 Å². The lowest BCUT2D eigenvalue weighted by molar-refractivity contribution is -0.139. The third-order valence-corrected chi connectivity index (χ3v) is 14.4. The summed E-state index contributed by atoms with van der Waals surface area (Å²) in [6, 6.07) is -0.507. The second-order valence-corrected chi connectivity index (χ2v) is 24.7. The molecule has 19 nitrogen and oxygen atoms in total. The first kappa shape index (κ1) is 65.6. The van der Waals surface area contributed by atoms with Crippen LogP contribution < -0.4 is 42.5 Å². The number of rotatable bonds is 28. The van der Waals surface area contributed by atoms with Gasteiger partial charge in [0.1, 0.15) is 52.6 Å². The summed E-state index contributed by atoms with van der Waals surface area (Å²) >= 11 is 0. The van der Waals surface area contributed by atoms with Gasteiger partial charge in [0.05, 0.1) is 0 Å². The number of carbonyl (C=O) groups is 9. The van der Waals surface area contributed by atoms with Gasteiger partial charge in [-0.15, -0.1) is 0 Å². The minimum absolute atomic E-state index is 0.0889. The fourth-order valence-corrected chi connectivity index (χ4v) is 9.75. The topological polar surface area (TPSA) is 256 Å². The number of hydrogen-bond acceptors (Lipinski definition) is 10. The molecular formula is C57H95FN10O9. The largest absolute Gasteiger partial charge is 0.353 e. The highest BCUT2D eigenvalue weighted by Crippen LogP contribution is 2.30. The lowest BCUT2D eigenvalue weighted by Gasteiger charge is -2.34. The molecule has 1 aliphatic heterocycles. The Hall–Kier alpha value is -5.66. The first-order valence-electron chi connectivity index (χ1n) is 27.9. The standard InChI is InChI=1S/C57H95FN10O9/c1-34(2)31-42(47(70)62-44(33-36(5)6)49(72)65-57(12,13)54(77)66-55(8,9)52(75)59-29-30-67(14)15)63-53(76)56(10,11)64-48(71)43(32-35(3)4)61-46(69)41(27-22-38-19-17-16-18-20-38)60-50(73)45-28-21-37(7)68(45)51(74)39-23-25-40(58)26-24-39/h23-26,34-38,41-45H,16-22,27-33H2,1-15H3,(H,59,75)(H,60,73)(H,61,69)(H,62,70)(H,63,76)(H,64,71)(H,65,72)(H,66,77)/t37-,41-,42-,43-,44-,45-/m0/s1. The molecule has 1 aromatic rings. The van der Waals surface area contributed by atoms with E-state index in [1.54, 1.807) is 13.8 Å². The van der Waals surface area contributed by atoms with E-state index in [4.69, 9.17) is 0 Å². The molecule has 3 rings (SSSR count). The Morgan fingerprint density at radius 3 is 1.55 bits per heavy atom. The van der Waals surface area contributed by atoms with Gasteiger partial charge in [-0.3, -0.25) is 43.2 Å². The van der Waals surface area contributed by atoms with Crippen LogP contribution in [0.25, 0.3) is 0 Å². The van der Waals surface area contributed by atoms with Gasteiger partial charge in [-0.2, -0.15) is 0 Å². The summed E-state index contributed by atoms with van der Waals surface area (Å²) < 4.78 is 13.8. The van der Waals surface area contributed by atoms with Crippen LogP contribution in [0.1, 0.15) is 177 Å². The maximum Gasteiger partial charge on any atom is 0.254 e. The van der Waals surface area contributed by atoms with Crippen LogP contribution in [0.4, 0.5) is 4.39 Å². The molecular weight excluding hydrogens is 988 g/mol. The van der Waals surface area contributed by atoms with Crippen molar-refractivity contribution in [3.05, 3.63) is 35.6 Å². The average Bonchev–Trinajstić information content (AvgIpc) is 3.72. The number of hydrogen-bond donors (Lipinski definition) is 8. The van der Waals surface area contributed by atoms with Crippen LogP contribution in [0.15, 0.2) is 24.3 Å². The third kappa shape index (κ3) is 20.9. The molecule has 1 heterocycles. The number of carbonyl (C=O) groups excluding carboxylic acids is 9. The van der Waals surface area contributed by atoms with Gasteiger partial charge < -0.3 is 52.3 Å². The Morgan fingerprint density at radius 1 is 0.584 bits per heavy atom. The summed E-state index contributed by atoms with van der Waals surface area (Å²) in [5.74, 6) is -5.65. The summed E-state index contributed by atoms with van der Waals surface area (Å²) in [6.07, 6.45) is 7.69. The van der Waals surface area contributed by atoms with E-state index in [9.17, 15) is 47.5 Å². The maximum absolute atomic E-state index is 14.4. The smallest absolute Gasteiger partial charge is 0.254 e. The molecule has 1 aliphatic carbocycles. The van der Waals surface area contributed by atoms with Crippen molar-refractivity contribution < 1.29 is 47.5 Å². The summed E-state index contributed by atoms with van der Waals surface area (Å²) in [5, 5.41) is 22.5. The van der Waals surface area contributed by atoms with E-state index in [1.807, 2.05) is 67.5 Å². The van der Waals surface area contributed by atoms with Gasteiger partial charge in [-0.05, 0) is 155 Å². The Labute approximate surface area is 458 Å². The van der Waals surface area contributed by atoms with Gasteiger partial charge in [0.15, 0.2) is 0 Å². The van der Waals surface area contributed by atoms with Crippen LogP contribution in [-0.2, 0) is 38.4 Å². The van der Waals surface area contributed by atoms with Crippen molar-refractivity contribution >= 4 is 53.2 Å². The predicted molar refractivity (Wildman–Crippen MR) is 295 cm³/mol. The molecule has 2 aliphatic rings. The number of likely N-dealkylation sites (N-methyl/N-ethyl adjacent to an activating group) is 1. The molecule has 2 fully saturated rings. The Kier molecular flexibility index (Phi) is 25.0. The predicted octanol–water partition coefficient (Wildman–Crippen LogP) is 4.62. The molecule has 0 unspecified atom stereocenters. The summed E-state index contributed by atoms with van der Waals surface area (Å²) in [4.78, 5) is 129. The molecule has 8 N–H and O–H groups in total. The number of likely N-dealkylation sites (tertiary alicyclic amines) is 1. The second kappa shape index (κ2) is 29.4. The van der Waals surface area contributed by atoms with Gasteiger partial charge in [0.25, 0.3) is 5.91 Å². The number of halogens is 1. The van der Waals surface area contributed by atoms with Crippen LogP contribution in [0.2, 0.25) is 0 Å². The second-order valence-electron chi connectivity index (χ2n) is 24.7. The summed E-state index contributed by atoms with van der Waals surface area (Å²) in [6.45, 7) is 23.1. The molecule has 0 radical (unpaired) electrons. The first-order chi connectivity index (χ1) is 35.7. The zero-order valence-electron chi connectivity index (χ0n) is 48.9. The van der Waals surface area contributed by atoms with E-state index in [0.29, 0.717) is 44.7 Å². The fraction of sp³-hybridized carbons (Fsp3) is 0.737. The zero-order chi connectivity index (χ0) is 58.2. The number of nitrogens with one attached hydrogen (secondary N) is 8. The molecule has 1 aromatic carbocycles. The molecule has 77 heavy (non-hydrogen) atoms. The van der Waals surface area contributed by atoms with E-state index in [2.05, 4.69) is 42.5 Å². The van der Waals surface area contributed by atoms with Crippen LogP contribution in [-0.4, -0.2) is 143 Å². The molecule has 434 valence electrons. The average molecular weight is 1080 g/mol. The highest BCUT2D eigenvalue weighted by molar-refractivity contribution is 6.01. The first-order valence-corrected chi connectivity index (χ1v) is 27.9. The molecule has 20 heteroatoms. The highest BCUT2D eigenvalue weighted by Gasteiger charge is 2.43. The van der Waals surface area contributed by atoms with Crippen LogP contribution >= 0.6 is 0 Å². The van der Waals surface area contributed by atoms with E-state index < -0.39 is 106 Å². The van der Waals surface area contributed by atoms with Crippen molar-refractivity contribution in [1.29, 1.82) is 0 Å². The molecule has 1 saturated heterocycles. The van der Waals surface area contributed by atoms with Gasteiger partial charge in [0.2, 0.25) is 47.3 Å². The molecule has 1 saturated carbocycles. The molecule has 9 amide bonds. The lowest BCUT2D eigenvalue weighted by atomic mass is 9.85. The van der Waals surface area contributed by atoms with Crippen molar-refractivity contribution in [2.24, 2.45) is 23.7 Å². The monoisotopic (exact) mass is 1080 g/mol. The SMILES string of the molecule is CC(C)C[C@H](NC(=O)[C@H](CCC1CCCCC1)NC(=O)[C@@H]1CC[C@H](C)N1C(=O)c1ccc(F)cc1)C(=O)NC(C)(C)C(=O)N[C@@H](CC(C)C)C(=O)N[C@@H](CC(C)C)C(=O)NC(C)(C)C(=O)NC(C)(C)C(=O)NCCN(C)C. The van der Waals surface area contributed by atoms with Crippen LogP contribution in [0.5, 0.6) is 0 Å². The number of benzene rings is 1. The van der Waals surface area contributed by atoms with Crippen LogP contribution in [0.3, 0.4) is 0 Å². The number of nitrogens with zero attached hydrogens (tertiary/aromatic N) is 2. The normalized spacial score (nSPS) is 18.0. The minimum Gasteiger partial charge on any atom is -0.353 e. The number of amides is 9. The Morgan fingerprint density at radius 2 is 1.05 bits per heavy atom. The maximum atomic E-state index is 14.4. The Bertz CT molecular complexity index is 2190. The van der Waals surface area contributed by atoms with E-state index in [0.717, 1.165) is 32.1 Å².